The third-order valence-electron chi connectivity index (χ3n) is 4.22. The van der Waals surface area contributed by atoms with Gasteiger partial charge in [0.25, 0.3) is 11.9 Å². The maximum Gasteiger partial charge on any atom is 0.295 e. The molecule has 0 aliphatic rings. The summed E-state index contributed by atoms with van der Waals surface area (Å²) in [5.74, 6) is -0.471. The van der Waals surface area contributed by atoms with Crippen molar-refractivity contribution in [3.63, 3.8) is 0 Å². The van der Waals surface area contributed by atoms with Crippen LogP contribution in [0.15, 0.2) is 59.1 Å². The maximum atomic E-state index is 13.7. The van der Waals surface area contributed by atoms with Crippen LogP contribution < -0.4 is 15.4 Å². The van der Waals surface area contributed by atoms with Crippen molar-refractivity contribution in [1.29, 1.82) is 0 Å². The summed E-state index contributed by atoms with van der Waals surface area (Å²) in [5, 5.41) is 5.33. The number of ether oxygens (including phenoxy) is 1. The number of benzene rings is 2. The summed E-state index contributed by atoms with van der Waals surface area (Å²) in [6, 6.07) is 11.6. The lowest BCUT2D eigenvalue weighted by Crippen LogP contribution is -2.18. The molecule has 2 N–H and O–H groups in total. The smallest absolute Gasteiger partial charge is 0.295 e. The molecule has 4 rings (SSSR count). The van der Waals surface area contributed by atoms with E-state index in [1.807, 2.05) is 0 Å². The van der Waals surface area contributed by atoms with Gasteiger partial charge in [0.2, 0.25) is 0 Å². The molecular formula is C21H16F2N4O3. The van der Waals surface area contributed by atoms with Gasteiger partial charge in [0, 0.05) is 37.5 Å². The van der Waals surface area contributed by atoms with E-state index in [-0.39, 0.29) is 29.7 Å². The number of nitrogens with zero attached hydrogens (tertiary/aromatic N) is 2. The molecule has 1 amide bonds. The Morgan fingerprint density at radius 3 is 2.77 bits per heavy atom. The fourth-order valence-electron chi connectivity index (χ4n) is 2.76. The normalized spacial score (nSPS) is 10.8. The van der Waals surface area contributed by atoms with Crippen LogP contribution in [-0.4, -0.2) is 22.9 Å². The molecule has 2 aromatic carbocycles. The number of rotatable bonds is 6. The minimum Gasteiger partial charge on any atom is -0.457 e. The number of anilines is 1. The highest BCUT2D eigenvalue weighted by atomic mass is 19.1. The Kier molecular flexibility index (Phi) is 5.25. The number of oxazole rings is 1. The molecule has 152 valence electrons. The van der Waals surface area contributed by atoms with Crippen molar-refractivity contribution in [3.05, 3.63) is 77.6 Å². The number of pyridine rings is 1. The predicted molar refractivity (Wildman–Crippen MR) is 105 cm³/mol. The molecule has 0 unspecified atom stereocenters. The summed E-state index contributed by atoms with van der Waals surface area (Å²) >= 11 is 0. The van der Waals surface area contributed by atoms with Gasteiger partial charge >= 0.3 is 0 Å². The number of halogens is 2. The molecule has 7 nitrogen and oxygen atoms in total. The standard InChI is InChI=1S/C21H16F2N4O3/c1-24-20(28)18-9-15(6-7-25-18)29-14-3-5-17-19(10-14)30-21(27-17)26-11-12-8-13(22)2-4-16(12)23/h2-10H,11H2,1H3,(H,24,28)(H,26,27). The van der Waals surface area contributed by atoms with Gasteiger partial charge in [-0.25, -0.2) is 8.78 Å². The predicted octanol–water partition coefficient (Wildman–Crippen LogP) is 4.27. The second-order valence-electron chi connectivity index (χ2n) is 6.30. The van der Waals surface area contributed by atoms with E-state index >= 15 is 0 Å². The van der Waals surface area contributed by atoms with Gasteiger partial charge in [-0.15, -0.1) is 0 Å². The van der Waals surface area contributed by atoms with Crippen LogP contribution in [0, 0.1) is 11.6 Å². The van der Waals surface area contributed by atoms with Crippen LogP contribution >= 0.6 is 0 Å². The Morgan fingerprint density at radius 2 is 1.93 bits per heavy atom. The number of nitrogens with one attached hydrogen (secondary N) is 2. The first-order chi connectivity index (χ1) is 14.5. The van der Waals surface area contributed by atoms with Crippen LogP contribution in [0.4, 0.5) is 14.8 Å². The first-order valence-electron chi connectivity index (χ1n) is 8.96. The zero-order chi connectivity index (χ0) is 21.1. The van der Waals surface area contributed by atoms with Crippen LogP contribution in [0.25, 0.3) is 11.1 Å². The second-order valence-corrected chi connectivity index (χ2v) is 6.30. The fourth-order valence-corrected chi connectivity index (χ4v) is 2.76. The summed E-state index contributed by atoms with van der Waals surface area (Å²) in [4.78, 5) is 19.9. The van der Waals surface area contributed by atoms with Gasteiger partial charge in [-0.2, -0.15) is 4.98 Å². The molecule has 9 heteroatoms. The quantitative estimate of drug-likeness (QED) is 0.494. The van der Waals surface area contributed by atoms with Gasteiger partial charge in [0.1, 0.15) is 34.3 Å². The van der Waals surface area contributed by atoms with E-state index in [4.69, 9.17) is 9.15 Å². The SMILES string of the molecule is CNC(=O)c1cc(Oc2ccc3nc(NCc4cc(F)ccc4F)oc3c2)ccn1. The van der Waals surface area contributed by atoms with Gasteiger partial charge in [-0.1, -0.05) is 0 Å². The van der Waals surface area contributed by atoms with Gasteiger partial charge in [-0.3, -0.25) is 9.78 Å². The highest BCUT2D eigenvalue weighted by Crippen LogP contribution is 2.28. The van der Waals surface area contributed by atoms with Crippen LogP contribution in [0.3, 0.4) is 0 Å². The van der Waals surface area contributed by atoms with E-state index < -0.39 is 11.6 Å². The molecular weight excluding hydrogens is 394 g/mol. The summed E-state index contributed by atoms with van der Waals surface area (Å²) < 4.78 is 38.4. The molecule has 0 radical (unpaired) electrons. The van der Waals surface area contributed by atoms with Crippen molar-refractivity contribution >= 4 is 23.0 Å². The number of aromatic nitrogens is 2. The Labute approximate surface area is 169 Å². The van der Waals surface area contributed by atoms with Gasteiger partial charge in [-0.05, 0) is 36.4 Å². The molecule has 2 heterocycles. The molecule has 0 fully saturated rings. The van der Waals surface area contributed by atoms with E-state index in [2.05, 4.69) is 20.6 Å². The topological polar surface area (TPSA) is 89.3 Å². The van der Waals surface area contributed by atoms with Gasteiger partial charge < -0.3 is 19.8 Å². The largest absolute Gasteiger partial charge is 0.457 e. The lowest BCUT2D eigenvalue weighted by molar-refractivity contribution is 0.0958. The molecule has 0 atom stereocenters. The third-order valence-corrected chi connectivity index (χ3v) is 4.22. The summed E-state index contributed by atoms with van der Waals surface area (Å²) in [5.41, 5.74) is 1.39. The number of hydrogen-bond acceptors (Lipinski definition) is 6. The van der Waals surface area contributed by atoms with Crippen LogP contribution in [0.2, 0.25) is 0 Å². The first kappa shape index (κ1) is 19.3. The number of carbonyl (C=O) groups excluding carboxylic acids is 1. The second kappa shape index (κ2) is 8.16. The molecule has 4 aromatic rings. The third kappa shape index (κ3) is 4.19. The van der Waals surface area contributed by atoms with Crippen LogP contribution in [0.5, 0.6) is 11.5 Å². The molecule has 0 saturated heterocycles. The summed E-state index contributed by atoms with van der Waals surface area (Å²) in [6.07, 6.45) is 1.47. The fraction of sp³-hybridized carbons (Fsp3) is 0.0952. The Morgan fingerprint density at radius 1 is 1.10 bits per heavy atom. The molecule has 0 bridgehead atoms. The average molecular weight is 410 g/mol. The Balaban J connectivity index is 1.50. The first-order valence-corrected chi connectivity index (χ1v) is 8.96. The maximum absolute atomic E-state index is 13.7. The summed E-state index contributed by atoms with van der Waals surface area (Å²) in [6.45, 7) is 0.0130. The van der Waals surface area contributed by atoms with Crippen molar-refractivity contribution in [2.24, 2.45) is 0 Å². The Hall–Kier alpha value is -4.01. The van der Waals surface area contributed by atoms with Crippen LogP contribution in [-0.2, 0) is 6.54 Å². The molecule has 0 aliphatic heterocycles. The number of fused-ring (bicyclic) bond motifs is 1. The van der Waals surface area contributed by atoms with Crippen molar-refractivity contribution in [3.8, 4) is 11.5 Å². The van der Waals surface area contributed by atoms with Crippen LogP contribution in [0.1, 0.15) is 16.1 Å². The average Bonchev–Trinajstić information content (AvgIpc) is 3.16. The molecule has 0 spiro atoms. The lowest BCUT2D eigenvalue weighted by Gasteiger charge is -2.06. The van der Waals surface area contributed by atoms with E-state index in [1.54, 1.807) is 24.3 Å². The van der Waals surface area contributed by atoms with Gasteiger partial charge in [0.05, 0.1) is 0 Å². The lowest BCUT2D eigenvalue weighted by atomic mass is 10.2. The van der Waals surface area contributed by atoms with Crippen molar-refractivity contribution in [2.75, 3.05) is 12.4 Å². The molecule has 0 saturated carbocycles. The summed E-state index contributed by atoms with van der Waals surface area (Å²) in [7, 11) is 1.52. The Bertz CT molecular complexity index is 1230. The zero-order valence-corrected chi connectivity index (χ0v) is 15.8. The molecule has 2 aromatic heterocycles. The van der Waals surface area contributed by atoms with E-state index in [0.717, 1.165) is 18.2 Å². The van der Waals surface area contributed by atoms with E-state index in [0.29, 0.717) is 22.6 Å². The van der Waals surface area contributed by atoms with Crippen molar-refractivity contribution in [1.82, 2.24) is 15.3 Å². The minimum atomic E-state index is -0.525. The highest BCUT2D eigenvalue weighted by molar-refractivity contribution is 5.92. The van der Waals surface area contributed by atoms with Crippen molar-refractivity contribution < 1.29 is 22.7 Å². The van der Waals surface area contributed by atoms with Gasteiger partial charge in [0.15, 0.2) is 5.58 Å². The van der Waals surface area contributed by atoms with E-state index in [1.165, 1.54) is 19.3 Å². The zero-order valence-electron chi connectivity index (χ0n) is 15.8. The number of amides is 1. The molecule has 0 aliphatic carbocycles. The molecule has 30 heavy (non-hydrogen) atoms. The number of hydrogen-bond donors (Lipinski definition) is 2. The van der Waals surface area contributed by atoms with E-state index in [9.17, 15) is 13.6 Å². The van der Waals surface area contributed by atoms with Crippen molar-refractivity contribution in [2.45, 2.75) is 6.54 Å². The minimum absolute atomic E-state index is 0.0130. The monoisotopic (exact) mass is 410 g/mol. The number of carbonyl (C=O) groups is 1. The highest BCUT2D eigenvalue weighted by Gasteiger charge is 2.11.